The van der Waals surface area contributed by atoms with Crippen LogP contribution < -0.4 is 0 Å². The third kappa shape index (κ3) is 1.85. The summed E-state index contributed by atoms with van der Waals surface area (Å²) in [5.74, 6) is -1.62. The van der Waals surface area contributed by atoms with Crippen LogP contribution in [0.25, 0.3) is 0 Å². The fourth-order valence-corrected chi connectivity index (χ4v) is 1.85. The number of ether oxygens (including phenoxy) is 1. The molecule has 1 saturated heterocycles. The van der Waals surface area contributed by atoms with Crippen molar-refractivity contribution in [1.82, 2.24) is 4.90 Å². The second-order valence-electron chi connectivity index (χ2n) is 3.33. The van der Waals surface area contributed by atoms with Crippen LogP contribution in [-0.2, 0) is 9.53 Å². The fourth-order valence-electron chi connectivity index (χ4n) is 1.48. The highest BCUT2D eigenvalue weighted by Crippen LogP contribution is 2.51. The van der Waals surface area contributed by atoms with Crippen LogP contribution >= 0.6 is 11.6 Å². The number of rotatable bonds is 1. The summed E-state index contributed by atoms with van der Waals surface area (Å²) in [4.78, 5) is 10.6. The van der Waals surface area contributed by atoms with Crippen molar-refractivity contribution in [1.29, 1.82) is 0 Å². The van der Waals surface area contributed by atoms with Crippen LogP contribution in [0.5, 0.6) is 0 Å². The Morgan fingerprint density at radius 1 is 1.29 bits per heavy atom. The molecule has 17 heavy (non-hydrogen) atoms. The number of nitrogens with zero attached hydrogens (tertiary/aromatic N) is 1. The molecule has 1 heterocycles. The third-order valence-electron chi connectivity index (χ3n) is 2.36. The molecule has 10 heteroatoms. The zero-order chi connectivity index (χ0) is 13.6. The van der Waals surface area contributed by atoms with Crippen LogP contribution in [0.15, 0.2) is 0 Å². The molecular weight excluding hydrogens is 280 g/mol. The first-order valence-corrected chi connectivity index (χ1v) is 4.71. The summed E-state index contributed by atoms with van der Waals surface area (Å²) in [5, 5.41) is 0. The maximum absolute atomic E-state index is 12.6. The Morgan fingerprint density at radius 3 is 1.94 bits per heavy atom. The van der Waals surface area contributed by atoms with Gasteiger partial charge in [-0.15, -0.1) is 11.6 Å². The number of carbonyl (C=O) groups is 1. The number of halogens is 7. The Bertz CT molecular complexity index is 313. The molecule has 100 valence electrons. The summed E-state index contributed by atoms with van der Waals surface area (Å²) >= 11 is 5.06. The fraction of sp³-hybridized carbons (Fsp3) is 0.857. The van der Waals surface area contributed by atoms with Crippen molar-refractivity contribution in [3.63, 3.8) is 0 Å². The van der Waals surface area contributed by atoms with Gasteiger partial charge in [0.15, 0.2) is 0 Å². The van der Waals surface area contributed by atoms with Crippen molar-refractivity contribution in [2.24, 2.45) is 0 Å². The van der Waals surface area contributed by atoms with Gasteiger partial charge in [-0.25, -0.2) is 4.90 Å². The number of cyclic esters (lactones) is 1. The molecule has 0 bridgehead atoms. The van der Waals surface area contributed by atoms with Crippen molar-refractivity contribution in [3.8, 4) is 0 Å². The van der Waals surface area contributed by atoms with Crippen LogP contribution in [0, 0.1) is 0 Å². The van der Waals surface area contributed by atoms with Gasteiger partial charge in [-0.2, -0.15) is 26.3 Å². The molecule has 0 aromatic rings. The molecule has 0 amide bonds. The number of hydrogen-bond acceptors (Lipinski definition) is 3. The molecule has 1 aliphatic rings. The van der Waals surface area contributed by atoms with Crippen molar-refractivity contribution >= 4 is 17.6 Å². The lowest BCUT2D eigenvalue weighted by Gasteiger charge is -2.37. The van der Waals surface area contributed by atoms with E-state index >= 15 is 0 Å². The van der Waals surface area contributed by atoms with Crippen LogP contribution in [-0.4, -0.2) is 41.0 Å². The normalized spacial score (nSPS) is 26.1. The molecule has 1 fully saturated rings. The Balaban J connectivity index is 3.40. The van der Waals surface area contributed by atoms with Gasteiger partial charge in [-0.3, -0.25) is 4.79 Å². The molecule has 0 unspecified atom stereocenters. The molecule has 0 aliphatic carbocycles. The van der Waals surface area contributed by atoms with E-state index in [-0.39, 0.29) is 4.90 Å². The van der Waals surface area contributed by atoms with Gasteiger partial charge in [0.25, 0.3) is 0 Å². The molecule has 1 atom stereocenters. The first kappa shape index (κ1) is 14.4. The topological polar surface area (TPSA) is 29.5 Å². The van der Waals surface area contributed by atoms with Crippen LogP contribution in [0.4, 0.5) is 26.3 Å². The minimum Gasteiger partial charge on any atom is -0.423 e. The summed E-state index contributed by atoms with van der Waals surface area (Å²) < 4.78 is 79.1. The predicted octanol–water partition coefficient (Wildman–Crippen LogP) is 2.25. The van der Waals surface area contributed by atoms with E-state index in [0.29, 0.717) is 0 Å². The Morgan fingerprint density at radius 2 is 1.71 bits per heavy atom. The Labute approximate surface area is 96.3 Å². The molecule has 3 nitrogen and oxygen atoms in total. The quantitative estimate of drug-likeness (QED) is 0.320. The summed E-state index contributed by atoms with van der Waals surface area (Å²) in [6.45, 7) is 0.851. The molecular formula is C7H6ClF6NO2. The van der Waals surface area contributed by atoms with Gasteiger partial charge in [0, 0.05) is 0 Å². The summed E-state index contributed by atoms with van der Waals surface area (Å²) in [5.41, 5.74) is -4.67. The van der Waals surface area contributed by atoms with Gasteiger partial charge in [0.05, 0.1) is 6.00 Å². The number of hydrogen-bond donors (Lipinski definition) is 0. The van der Waals surface area contributed by atoms with Gasteiger partial charge in [-0.1, -0.05) is 0 Å². The van der Waals surface area contributed by atoms with Crippen molar-refractivity contribution < 1.29 is 35.9 Å². The number of esters is 1. The number of carbonyl (C=O) groups excluding carboxylic acids is 1. The van der Waals surface area contributed by atoms with Gasteiger partial charge in [-0.05, 0) is 6.92 Å². The predicted molar refractivity (Wildman–Crippen MR) is 43.0 cm³/mol. The zero-order valence-corrected chi connectivity index (χ0v) is 8.95. The van der Waals surface area contributed by atoms with Gasteiger partial charge in [0.1, 0.15) is 6.04 Å². The van der Waals surface area contributed by atoms with E-state index < -0.39 is 36.1 Å². The maximum atomic E-state index is 12.6. The highest BCUT2D eigenvalue weighted by molar-refractivity contribution is 6.17. The lowest BCUT2D eigenvalue weighted by molar-refractivity contribution is -0.399. The van der Waals surface area contributed by atoms with Gasteiger partial charge >= 0.3 is 24.0 Å². The van der Waals surface area contributed by atoms with E-state index in [1.807, 2.05) is 0 Å². The highest BCUT2D eigenvalue weighted by Gasteiger charge is 2.81. The summed E-state index contributed by atoms with van der Waals surface area (Å²) in [6.07, 6.45) is -11.7. The molecule has 0 spiro atoms. The second-order valence-corrected chi connectivity index (χ2v) is 3.56. The SMILES string of the molecule is C[C@H]1C(=O)OC(C(F)(F)F)(C(F)(F)F)N1CCl. The first-order valence-electron chi connectivity index (χ1n) is 4.18. The van der Waals surface area contributed by atoms with Crippen molar-refractivity contribution in [2.75, 3.05) is 6.00 Å². The minimum atomic E-state index is -5.83. The Hall–Kier alpha value is -0.700. The largest absolute Gasteiger partial charge is 0.453 e. The molecule has 0 radical (unpaired) electrons. The molecule has 0 aromatic carbocycles. The molecule has 0 N–H and O–H groups in total. The maximum Gasteiger partial charge on any atom is 0.453 e. The minimum absolute atomic E-state index is 0.281. The van der Waals surface area contributed by atoms with E-state index in [0.717, 1.165) is 6.92 Å². The highest BCUT2D eigenvalue weighted by atomic mass is 35.5. The monoisotopic (exact) mass is 285 g/mol. The van der Waals surface area contributed by atoms with E-state index in [9.17, 15) is 31.1 Å². The third-order valence-corrected chi connectivity index (χ3v) is 2.62. The lowest BCUT2D eigenvalue weighted by Crippen LogP contribution is -2.66. The van der Waals surface area contributed by atoms with E-state index in [4.69, 9.17) is 11.6 Å². The van der Waals surface area contributed by atoms with E-state index in [1.165, 1.54) is 0 Å². The van der Waals surface area contributed by atoms with Crippen LogP contribution in [0.1, 0.15) is 6.92 Å². The zero-order valence-electron chi connectivity index (χ0n) is 8.19. The van der Waals surface area contributed by atoms with Crippen LogP contribution in [0.3, 0.4) is 0 Å². The summed E-state index contributed by atoms with van der Waals surface area (Å²) in [6, 6.07) is -2.87. The molecule has 1 rings (SSSR count). The lowest BCUT2D eigenvalue weighted by atomic mass is 10.1. The first-order chi connectivity index (χ1) is 7.49. The molecule has 0 aromatic heterocycles. The van der Waals surface area contributed by atoms with Crippen molar-refractivity contribution in [3.05, 3.63) is 0 Å². The smallest absolute Gasteiger partial charge is 0.423 e. The molecule has 1 aliphatic heterocycles. The second kappa shape index (κ2) is 3.91. The Kier molecular flexibility index (Phi) is 3.30. The molecule has 0 saturated carbocycles. The van der Waals surface area contributed by atoms with E-state index in [2.05, 4.69) is 4.74 Å². The number of alkyl halides is 7. The average Bonchev–Trinajstić information content (AvgIpc) is 2.38. The van der Waals surface area contributed by atoms with Crippen molar-refractivity contribution in [2.45, 2.75) is 31.0 Å². The van der Waals surface area contributed by atoms with Crippen LogP contribution in [0.2, 0.25) is 0 Å². The van der Waals surface area contributed by atoms with Gasteiger partial charge in [0.2, 0.25) is 0 Å². The standard InChI is InChI=1S/C7H6ClF6NO2/c1-3-4(16)17-5(6(9,10)11,7(12,13)14)15(3)2-8/h3H,2H2,1H3/t3-/m0/s1. The van der Waals surface area contributed by atoms with E-state index in [1.54, 1.807) is 0 Å². The average molecular weight is 286 g/mol. The summed E-state index contributed by atoms with van der Waals surface area (Å²) in [7, 11) is 0. The van der Waals surface area contributed by atoms with Gasteiger partial charge < -0.3 is 4.74 Å².